The van der Waals surface area contributed by atoms with Crippen molar-refractivity contribution in [1.82, 2.24) is 10.6 Å². The summed E-state index contributed by atoms with van der Waals surface area (Å²) in [6, 6.07) is 9.68. The van der Waals surface area contributed by atoms with Gasteiger partial charge in [-0.05, 0) is 29.8 Å². The summed E-state index contributed by atoms with van der Waals surface area (Å²) in [6.45, 7) is -0.271. The van der Waals surface area contributed by atoms with Gasteiger partial charge in [-0.2, -0.15) is 0 Å². The molecule has 14 heteroatoms. The zero-order chi connectivity index (χ0) is 26.0. The van der Waals surface area contributed by atoms with Gasteiger partial charge in [0, 0.05) is 22.9 Å². The summed E-state index contributed by atoms with van der Waals surface area (Å²) in [5, 5.41) is 37.4. The first-order chi connectivity index (χ1) is 16.6. The molecule has 0 saturated carbocycles. The van der Waals surface area contributed by atoms with Crippen molar-refractivity contribution in [2.75, 3.05) is 6.54 Å². The van der Waals surface area contributed by atoms with Gasteiger partial charge in [-0.1, -0.05) is 28.5 Å². The zero-order valence-corrected chi connectivity index (χ0v) is 19.2. The summed E-state index contributed by atoms with van der Waals surface area (Å²) in [5.41, 5.74) is 16.4. The molecule has 0 aliphatic heterocycles. The smallest absolute Gasteiger partial charge is 0.328 e. The molecule has 2 rings (SSSR count). The number of nitrogens with one attached hydrogen (secondary N) is 2. The number of nitrogens with two attached hydrogens (primary N) is 3. The molecule has 11 N–H and O–H groups in total. The molecule has 0 radical (unpaired) electrons. The van der Waals surface area contributed by atoms with Gasteiger partial charge in [0.25, 0.3) is 0 Å². The Kier molecular flexibility index (Phi) is 9.31. The topological polar surface area (TPSA) is 239 Å². The number of carboxylic acids is 1. The van der Waals surface area contributed by atoms with Crippen molar-refractivity contribution in [2.24, 2.45) is 27.5 Å². The highest BCUT2D eigenvalue weighted by atomic mass is 32.1. The number of thiophene rings is 1. The number of carbonyl (C=O) groups excluding carboxylic acids is 2. The molecule has 0 aliphatic carbocycles. The molecule has 0 aliphatic rings. The molecular formula is C21H25N7O6S. The first-order valence-corrected chi connectivity index (χ1v) is 10.8. The summed E-state index contributed by atoms with van der Waals surface area (Å²) in [4.78, 5) is 37.3. The van der Waals surface area contributed by atoms with Crippen LogP contribution in [0.25, 0.3) is 0 Å². The Morgan fingerprint density at radius 2 is 1.77 bits per heavy atom. The fourth-order valence-corrected chi connectivity index (χ4v) is 3.75. The molecule has 1 aromatic carbocycles. The van der Waals surface area contributed by atoms with Crippen molar-refractivity contribution < 1.29 is 29.9 Å². The third-order valence-electron chi connectivity index (χ3n) is 4.66. The van der Waals surface area contributed by atoms with E-state index in [0.717, 1.165) is 17.0 Å². The van der Waals surface area contributed by atoms with Gasteiger partial charge in [-0.3, -0.25) is 9.59 Å². The Hall–Kier alpha value is -4.43. The quantitative estimate of drug-likeness (QED) is 0.0631. The summed E-state index contributed by atoms with van der Waals surface area (Å²) in [6.07, 6.45) is 1.63. The number of amidine groups is 2. The van der Waals surface area contributed by atoms with Gasteiger partial charge < -0.3 is 43.4 Å². The number of benzene rings is 1. The van der Waals surface area contributed by atoms with Crippen LogP contribution >= 0.6 is 11.3 Å². The van der Waals surface area contributed by atoms with E-state index in [1.54, 1.807) is 30.3 Å². The highest BCUT2D eigenvalue weighted by Crippen LogP contribution is 2.17. The molecule has 2 amide bonds. The Balaban J connectivity index is 2.05. The van der Waals surface area contributed by atoms with E-state index in [-0.39, 0.29) is 24.6 Å². The number of oxime groups is 2. The Morgan fingerprint density at radius 3 is 2.43 bits per heavy atom. The molecule has 2 aromatic rings. The second kappa shape index (κ2) is 12.2. The highest BCUT2D eigenvalue weighted by Gasteiger charge is 2.32. The number of aliphatic carboxylic acids is 1. The predicted octanol–water partition coefficient (Wildman–Crippen LogP) is -0.749. The van der Waals surface area contributed by atoms with Crippen LogP contribution in [0.5, 0.6) is 0 Å². The van der Waals surface area contributed by atoms with Gasteiger partial charge in [0.15, 0.2) is 11.7 Å². The predicted molar refractivity (Wildman–Crippen MR) is 128 cm³/mol. The van der Waals surface area contributed by atoms with Crippen LogP contribution < -0.4 is 27.8 Å². The minimum Gasteiger partial charge on any atom is -0.478 e. The molecule has 1 atom stereocenters. The van der Waals surface area contributed by atoms with Gasteiger partial charge in [-0.15, -0.1) is 11.3 Å². The van der Waals surface area contributed by atoms with Crippen molar-refractivity contribution in [3.8, 4) is 0 Å². The standard InChI is InChI=1S/C21H25N7O6S/c22-18(27-33)13-3-1-2-12(8-13)9-21(24,7-6-17(30)31)20(32)26-11-16(29)25-10-14-4-5-15(35-14)19(23)28-34/h1-8,33-34H,9-11,24H2,(H2,22,27)(H2,23,28)(H,25,29)(H,26,32)(H,30,31). The molecule has 0 spiro atoms. The van der Waals surface area contributed by atoms with Gasteiger partial charge in [0.05, 0.1) is 18.0 Å². The fourth-order valence-electron chi connectivity index (χ4n) is 2.90. The minimum absolute atomic E-state index is 0.0505. The molecule has 1 aromatic heterocycles. The van der Waals surface area contributed by atoms with Crippen molar-refractivity contribution in [1.29, 1.82) is 0 Å². The van der Waals surface area contributed by atoms with E-state index in [1.807, 2.05) is 0 Å². The van der Waals surface area contributed by atoms with Gasteiger partial charge in [0.2, 0.25) is 11.8 Å². The van der Waals surface area contributed by atoms with Crippen molar-refractivity contribution in [2.45, 2.75) is 18.5 Å². The van der Waals surface area contributed by atoms with Crippen molar-refractivity contribution in [3.05, 3.63) is 69.4 Å². The van der Waals surface area contributed by atoms with E-state index < -0.39 is 29.9 Å². The maximum Gasteiger partial charge on any atom is 0.328 e. The fraction of sp³-hybridized carbons (Fsp3) is 0.190. The summed E-state index contributed by atoms with van der Waals surface area (Å²) in [7, 11) is 0. The molecule has 13 nitrogen and oxygen atoms in total. The van der Waals surface area contributed by atoms with Crippen LogP contribution in [0.3, 0.4) is 0 Å². The third-order valence-corrected chi connectivity index (χ3v) is 5.77. The SMILES string of the molecule is N/C(=N\O)c1cccc(CC(N)(C=CC(=O)O)C(=O)NCC(=O)NCc2ccc(/C(N)=N/O)s2)c1. The molecule has 186 valence electrons. The van der Waals surface area contributed by atoms with Crippen LogP contribution in [0.1, 0.15) is 20.9 Å². The second-order valence-corrected chi connectivity index (χ2v) is 8.45. The highest BCUT2D eigenvalue weighted by molar-refractivity contribution is 7.14. The molecule has 1 heterocycles. The number of hydrogen-bond donors (Lipinski definition) is 8. The Labute approximate surface area is 203 Å². The van der Waals surface area contributed by atoms with Gasteiger partial charge in [0.1, 0.15) is 5.54 Å². The summed E-state index contributed by atoms with van der Waals surface area (Å²) in [5.74, 6) is -2.82. The van der Waals surface area contributed by atoms with Crippen molar-refractivity contribution in [3.63, 3.8) is 0 Å². The van der Waals surface area contributed by atoms with Crippen LogP contribution in [-0.2, 0) is 27.3 Å². The number of amides is 2. The lowest BCUT2D eigenvalue weighted by Gasteiger charge is -2.25. The molecule has 1 unspecified atom stereocenters. The van der Waals surface area contributed by atoms with Crippen LogP contribution in [0, 0.1) is 0 Å². The van der Waals surface area contributed by atoms with Gasteiger partial charge >= 0.3 is 5.97 Å². The first kappa shape index (κ1) is 26.8. The number of carboxylic acid groups (broad SMARTS) is 1. The van der Waals surface area contributed by atoms with Crippen LogP contribution in [0.4, 0.5) is 0 Å². The normalized spacial score (nSPS) is 13.9. The lowest BCUT2D eigenvalue weighted by Crippen LogP contribution is -2.55. The van der Waals surface area contributed by atoms with Gasteiger partial charge in [-0.25, -0.2) is 4.79 Å². The Bertz CT molecular complexity index is 1180. The van der Waals surface area contributed by atoms with E-state index in [4.69, 9.17) is 32.7 Å². The second-order valence-electron chi connectivity index (χ2n) is 7.28. The maximum atomic E-state index is 12.8. The number of carbonyl (C=O) groups is 3. The van der Waals surface area contributed by atoms with Crippen LogP contribution in [0.2, 0.25) is 0 Å². The molecule has 0 saturated heterocycles. The monoisotopic (exact) mass is 503 g/mol. The van der Waals surface area contributed by atoms with E-state index in [1.165, 1.54) is 17.4 Å². The van der Waals surface area contributed by atoms with Crippen LogP contribution in [0.15, 0.2) is 58.9 Å². The lowest BCUT2D eigenvalue weighted by atomic mass is 9.89. The average Bonchev–Trinajstić information content (AvgIpc) is 3.33. The number of hydrogen-bond acceptors (Lipinski definition) is 9. The number of rotatable bonds is 11. The lowest BCUT2D eigenvalue weighted by molar-refractivity contribution is -0.131. The van der Waals surface area contributed by atoms with E-state index in [2.05, 4.69) is 20.9 Å². The first-order valence-electron chi connectivity index (χ1n) is 9.97. The van der Waals surface area contributed by atoms with E-state index in [0.29, 0.717) is 16.0 Å². The maximum absolute atomic E-state index is 12.8. The molecular weight excluding hydrogens is 478 g/mol. The Morgan fingerprint density at radius 1 is 1.06 bits per heavy atom. The summed E-state index contributed by atoms with van der Waals surface area (Å²) < 4.78 is 0. The molecule has 0 fully saturated rings. The molecule has 0 bridgehead atoms. The van der Waals surface area contributed by atoms with E-state index in [9.17, 15) is 14.4 Å². The van der Waals surface area contributed by atoms with E-state index >= 15 is 0 Å². The average molecular weight is 504 g/mol. The largest absolute Gasteiger partial charge is 0.478 e. The summed E-state index contributed by atoms with van der Waals surface area (Å²) >= 11 is 1.22. The molecule has 35 heavy (non-hydrogen) atoms. The minimum atomic E-state index is -1.81. The van der Waals surface area contributed by atoms with Crippen molar-refractivity contribution >= 4 is 40.8 Å². The third kappa shape index (κ3) is 7.83. The van der Waals surface area contributed by atoms with Crippen LogP contribution in [-0.4, -0.2) is 57.1 Å². The number of nitrogens with zero attached hydrogens (tertiary/aromatic N) is 2. The zero-order valence-electron chi connectivity index (χ0n) is 18.3.